The molecule has 1 saturated carbocycles. The number of hydrogen-bond donors (Lipinski definition) is 0. The average molecular weight is 497 g/mol. The van der Waals surface area contributed by atoms with Crippen molar-refractivity contribution in [3.8, 4) is 0 Å². The first-order valence-corrected chi connectivity index (χ1v) is 11.7. The number of carbonyl (C=O) groups excluding carboxylic acids is 1. The fourth-order valence-electron chi connectivity index (χ4n) is 4.07. The van der Waals surface area contributed by atoms with Gasteiger partial charge < -0.3 is 9.57 Å². The van der Waals surface area contributed by atoms with Crippen molar-refractivity contribution >= 4 is 46.5 Å². The molecule has 0 amide bonds. The van der Waals surface area contributed by atoms with Gasteiger partial charge in [-0.25, -0.2) is 0 Å². The van der Waals surface area contributed by atoms with Gasteiger partial charge in [-0.15, -0.1) is 0 Å². The molecule has 0 aliphatic heterocycles. The molecule has 2 aromatic rings. The van der Waals surface area contributed by atoms with Crippen LogP contribution in [0.5, 0.6) is 0 Å². The van der Waals surface area contributed by atoms with Crippen molar-refractivity contribution < 1.29 is 14.4 Å². The topological polar surface area (TPSA) is 47.9 Å². The number of hydrogen-bond acceptors (Lipinski definition) is 4. The molecule has 1 aliphatic rings. The lowest BCUT2D eigenvalue weighted by Gasteiger charge is -2.09. The highest BCUT2D eigenvalue weighted by Crippen LogP contribution is 2.60. The molecule has 3 rings (SSSR count). The van der Waals surface area contributed by atoms with E-state index >= 15 is 0 Å². The molecular formula is C25H28Cl3NO3. The van der Waals surface area contributed by atoms with E-state index in [1.54, 1.807) is 0 Å². The van der Waals surface area contributed by atoms with Gasteiger partial charge in [0.2, 0.25) is 3.79 Å². The molecule has 172 valence electrons. The predicted molar refractivity (Wildman–Crippen MR) is 130 cm³/mol. The third-order valence-electron chi connectivity index (χ3n) is 5.89. The Morgan fingerprint density at radius 1 is 1.03 bits per heavy atom. The summed E-state index contributed by atoms with van der Waals surface area (Å²) in [6, 6.07) is 18.5. The monoisotopic (exact) mass is 495 g/mol. The summed E-state index contributed by atoms with van der Waals surface area (Å²) in [5.74, 6) is -0.212. The van der Waals surface area contributed by atoms with Crippen LogP contribution in [-0.4, -0.2) is 22.1 Å². The van der Waals surface area contributed by atoms with Gasteiger partial charge in [-0.2, -0.15) is 0 Å². The van der Waals surface area contributed by atoms with Gasteiger partial charge in [-0.3, -0.25) is 4.79 Å². The number of rotatable bonds is 9. The number of alkyl halides is 3. The summed E-state index contributed by atoms with van der Waals surface area (Å²) in [6.07, 6.45) is 1.47. The van der Waals surface area contributed by atoms with Crippen LogP contribution in [0.1, 0.15) is 43.9 Å². The lowest BCUT2D eigenvalue weighted by atomic mass is 10.0. The van der Waals surface area contributed by atoms with Crippen LogP contribution in [0.4, 0.5) is 0 Å². The summed E-state index contributed by atoms with van der Waals surface area (Å²) in [5, 5.41) is 4.00. The fourth-order valence-corrected chi connectivity index (χ4v) is 4.22. The highest BCUT2D eigenvalue weighted by molar-refractivity contribution is 6.67. The first kappa shape index (κ1) is 24.9. The van der Waals surface area contributed by atoms with Crippen LogP contribution in [0.25, 0.3) is 0 Å². The SMILES string of the molecule is CC(CC1C(C(=O)OCc2cccc(Cc3ccccc3)c2)C1(C)C)=NOCC(Cl)(Cl)Cl. The van der Waals surface area contributed by atoms with Gasteiger partial charge in [0.15, 0.2) is 6.61 Å². The lowest BCUT2D eigenvalue weighted by Crippen LogP contribution is -2.12. The fraction of sp³-hybridized carbons (Fsp3) is 0.440. The Balaban J connectivity index is 1.51. The largest absolute Gasteiger partial charge is 0.461 e. The van der Waals surface area contributed by atoms with Gasteiger partial charge in [0.1, 0.15) is 6.61 Å². The van der Waals surface area contributed by atoms with E-state index in [0.717, 1.165) is 17.7 Å². The molecule has 0 saturated heterocycles. The molecule has 0 aromatic heterocycles. The van der Waals surface area contributed by atoms with E-state index in [2.05, 4.69) is 43.3 Å². The van der Waals surface area contributed by atoms with Gasteiger partial charge in [0, 0.05) is 0 Å². The van der Waals surface area contributed by atoms with Crippen LogP contribution in [-0.2, 0) is 27.4 Å². The second-order valence-corrected chi connectivity index (χ2v) is 11.4. The Bertz CT molecular complexity index is 954. The maximum Gasteiger partial charge on any atom is 0.310 e. The molecule has 2 unspecified atom stereocenters. The van der Waals surface area contributed by atoms with E-state index in [-0.39, 0.29) is 36.4 Å². The molecule has 0 N–H and O–H groups in total. The van der Waals surface area contributed by atoms with Crippen molar-refractivity contribution in [3.63, 3.8) is 0 Å². The standard InChI is InChI=1S/C25H28Cl3NO3/c1-17(29-32-16-25(26,27)28)12-21-22(24(21,2)3)23(30)31-15-20-11-7-10-19(14-20)13-18-8-5-4-6-9-18/h4-11,14,21-22H,12-13,15-16H2,1-3H3. The zero-order valence-electron chi connectivity index (χ0n) is 18.5. The van der Waals surface area contributed by atoms with Crippen LogP contribution < -0.4 is 0 Å². The van der Waals surface area contributed by atoms with Crippen molar-refractivity contribution in [1.29, 1.82) is 0 Å². The summed E-state index contributed by atoms with van der Waals surface area (Å²) in [4.78, 5) is 17.8. The molecule has 0 heterocycles. The first-order chi connectivity index (χ1) is 15.1. The van der Waals surface area contributed by atoms with Crippen LogP contribution in [0.3, 0.4) is 0 Å². The summed E-state index contributed by atoms with van der Waals surface area (Å²) in [6.45, 7) is 6.12. The number of oxime groups is 1. The molecule has 0 radical (unpaired) electrons. The van der Waals surface area contributed by atoms with Gasteiger partial charge in [-0.05, 0) is 47.8 Å². The van der Waals surface area contributed by atoms with Gasteiger partial charge in [0.05, 0.1) is 11.6 Å². The second kappa shape index (κ2) is 10.5. The van der Waals surface area contributed by atoms with Crippen molar-refractivity contribution in [2.24, 2.45) is 22.4 Å². The second-order valence-electron chi connectivity index (χ2n) is 8.91. The number of nitrogens with zero attached hydrogens (tertiary/aromatic N) is 1. The molecule has 2 aromatic carbocycles. The molecule has 32 heavy (non-hydrogen) atoms. The highest BCUT2D eigenvalue weighted by atomic mass is 35.6. The predicted octanol–water partition coefficient (Wildman–Crippen LogP) is 6.75. The molecule has 0 spiro atoms. The van der Waals surface area contributed by atoms with Gasteiger partial charge in [0.25, 0.3) is 0 Å². The summed E-state index contributed by atoms with van der Waals surface area (Å²) < 4.78 is 4.16. The van der Waals surface area contributed by atoms with Crippen molar-refractivity contribution in [2.75, 3.05) is 6.61 Å². The third kappa shape index (κ3) is 7.13. The summed E-state index contributed by atoms with van der Waals surface area (Å²) >= 11 is 17.0. The number of esters is 1. The van der Waals surface area contributed by atoms with E-state index in [4.69, 9.17) is 44.4 Å². The number of benzene rings is 2. The number of carbonyl (C=O) groups is 1. The van der Waals surface area contributed by atoms with E-state index in [1.165, 1.54) is 11.1 Å². The Kier molecular flexibility index (Phi) is 8.13. The minimum Gasteiger partial charge on any atom is -0.461 e. The molecular weight excluding hydrogens is 469 g/mol. The quantitative estimate of drug-likeness (QED) is 0.167. The normalized spacial score (nSPS) is 20.0. The minimum absolute atomic E-state index is 0.127. The maximum absolute atomic E-state index is 12.8. The van der Waals surface area contributed by atoms with E-state index in [1.807, 2.05) is 37.3 Å². The third-order valence-corrected chi connectivity index (χ3v) is 6.22. The Morgan fingerprint density at radius 2 is 1.69 bits per heavy atom. The first-order valence-electron chi connectivity index (χ1n) is 10.6. The Morgan fingerprint density at radius 3 is 2.38 bits per heavy atom. The Hall–Kier alpha value is -1.75. The van der Waals surface area contributed by atoms with Gasteiger partial charge in [-0.1, -0.05) is 108 Å². The molecule has 2 atom stereocenters. The lowest BCUT2D eigenvalue weighted by molar-refractivity contribution is -0.147. The summed E-state index contributed by atoms with van der Waals surface area (Å²) in [7, 11) is 0. The van der Waals surface area contributed by atoms with Crippen LogP contribution in [0.15, 0.2) is 59.8 Å². The molecule has 4 nitrogen and oxygen atoms in total. The van der Waals surface area contributed by atoms with Crippen molar-refractivity contribution in [1.82, 2.24) is 0 Å². The number of halogens is 3. The molecule has 0 bridgehead atoms. The smallest absolute Gasteiger partial charge is 0.310 e. The van der Waals surface area contributed by atoms with Crippen LogP contribution >= 0.6 is 34.8 Å². The van der Waals surface area contributed by atoms with Crippen LogP contribution in [0, 0.1) is 17.3 Å². The van der Waals surface area contributed by atoms with E-state index in [9.17, 15) is 4.79 Å². The number of ether oxygens (including phenoxy) is 1. The molecule has 1 fully saturated rings. The van der Waals surface area contributed by atoms with E-state index < -0.39 is 3.79 Å². The summed E-state index contributed by atoms with van der Waals surface area (Å²) in [5.41, 5.74) is 4.02. The average Bonchev–Trinajstić information content (AvgIpc) is 3.26. The zero-order valence-corrected chi connectivity index (χ0v) is 20.8. The van der Waals surface area contributed by atoms with E-state index in [0.29, 0.717) is 6.42 Å². The van der Waals surface area contributed by atoms with Crippen LogP contribution in [0.2, 0.25) is 0 Å². The molecule has 1 aliphatic carbocycles. The minimum atomic E-state index is -1.51. The maximum atomic E-state index is 12.8. The van der Waals surface area contributed by atoms with Crippen molar-refractivity contribution in [2.45, 2.75) is 44.0 Å². The zero-order chi connectivity index (χ0) is 23.4. The van der Waals surface area contributed by atoms with Gasteiger partial charge >= 0.3 is 5.97 Å². The van der Waals surface area contributed by atoms with Crippen molar-refractivity contribution in [3.05, 3.63) is 71.3 Å². The molecule has 7 heteroatoms. The highest BCUT2D eigenvalue weighted by Gasteiger charge is 2.62. The Labute approximate surface area is 204 Å².